The van der Waals surface area contributed by atoms with Crippen molar-refractivity contribution in [3.63, 3.8) is 0 Å². The van der Waals surface area contributed by atoms with Gasteiger partial charge in [-0.1, -0.05) is 11.6 Å². The number of nitrogens with one attached hydrogen (secondary N) is 2. The molecule has 1 aromatic carbocycles. The first kappa shape index (κ1) is 25.0. The molecule has 0 bridgehead atoms. The first-order chi connectivity index (χ1) is 16.7. The fourth-order valence-electron chi connectivity index (χ4n) is 3.86. The zero-order chi connectivity index (χ0) is 25.1. The average Bonchev–Trinajstić information content (AvgIpc) is 3.37. The monoisotopic (exact) mass is 508 g/mol. The number of nitrogens with zero attached hydrogens (tertiary/aromatic N) is 5. The maximum absolute atomic E-state index is 13.2. The number of anilines is 2. The molecule has 0 aliphatic carbocycles. The number of fused-ring (bicyclic) bond motifs is 1. The van der Waals surface area contributed by atoms with Crippen molar-refractivity contribution in [2.45, 2.75) is 31.0 Å². The van der Waals surface area contributed by atoms with E-state index >= 15 is 0 Å². The van der Waals surface area contributed by atoms with Crippen LogP contribution in [-0.2, 0) is 4.74 Å². The van der Waals surface area contributed by atoms with Crippen LogP contribution in [-0.4, -0.2) is 85.7 Å². The topological polar surface area (TPSA) is 164 Å². The first-order valence-electron chi connectivity index (χ1n) is 10.9. The van der Waals surface area contributed by atoms with Crippen molar-refractivity contribution in [2.24, 2.45) is 0 Å². The molecule has 14 heteroatoms. The molecular weight excluding hydrogens is 483 g/mol. The number of benzene rings is 1. The summed E-state index contributed by atoms with van der Waals surface area (Å²) < 4.78 is 20.7. The Labute approximate surface area is 204 Å². The van der Waals surface area contributed by atoms with Gasteiger partial charge in [-0.2, -0.15) is 0 Å². The van der Waals surface area contributed by atoms with E-state index in [2.05, 4.69) is 25.6 Å². The van der Waals surface area contributed by atoms with Gasteiger partial charge in [0.25, 0.3) is 0 Å². The second-order valence-electron chi connectivity index (χ2n) is 8.25. The Morgan fingerprint density at radius 3 is 2.89 bits per heavy atom. The number of ether oxygens (including phenoxy) is 1. The number of likely N-dealkylation sites (N-methyl/N-ethyl adjacent to an activating group) is 1. The predicted octanol–water partition coefficient (Wildman–Crippen LogP) is 0.964. The Bertz CT molecular complexity index is 1200. The van der Waals surface area contributed by atoms with Crippen molar-refractivity contribution >= 4 is 40.3 Å². The fourth-order valence-corrected chi connectivity index (χ4v) is 4.05. The summed E-state index contributed by atoms with van der Waals surface area (Å²) in [6.07, 6.45) is -0.492. The fraction of sp³-hybridized carbons (Fsp3) is 0.429. The normalized spacial score (nSPS) is 22.1. The van der Waals surface area contributed by atoms with Crippen LogP contribution in [0.4, 0.5) is 20.7 Å². The van der Waals surface area contributed by atoms with Gasteiger partial charge in [-0.05, 0) is 38.2 Å². The Balaban J connectivity index is 1.23. The lowest BCUT2D eigenvalue weighted by molar-refractivity contribution is -0.0421. The van der Waals surface area contributed by atoms with Crippen LogP contribution in [0.15, 0.2) is 30.9 Å². The van der Waals surface area contributed by atoms with Gasteiger partial charge in [0.05, 0.1) is 11.3 Å². The molecule has 1 saturated heterocycles. The number of rotatable bonds is 8. The number of aliphatic hydroxyl groups excluding tert-OH is 2. The smallest absolute Gasteiger partial charge is 0.319 e. The largest absolute Gasteiger partial charge is 0.387 e. The van der Waals surface area contributed by atoms with Gasteiger partial charge in [-0.25, -0.2) is 24.1 Å². The van der Waals surface area contributed by atoms with Crippen LogP contribution in [0.25, 0.3) is 11.2 Å². The molecule has 2 amide bonds. The number of urea groups is 1. The van der Waals surface area contributed by atoms with E-state index in [1.807, 2.05) is 11.9 Å². The molecule has 3 aromatic rings. The number of hydrogen-bond donors (Lipinski definition) is 5. The van der Waals surface area contributed by atoms with Crippen LogP contribution in [0.1, 0.15) is 12.6 Å². The average molecular weight is 509 g/mol. The summed E-state index contributed by atoms with van der Waals surface area (Å²) in [5, 5.41) is 26.3. The molecule has 0 spiro atoms. The van der Waals surface area contributed by atoms with Crippen LogP contribution < -0.4 is 16.4 Å². The van der Waals surface area contributed by atoms with Gasteiger partial charge in [0.2, 0.25) is 0 Å². The highest BCUT2D eigenvalue weighted by Crippen LogP contribution is 2.32. The van der Waals surface area contributed by atoms with Crippen molar-refractivity contribution in [2.75, 3.05) is 37.7 Å². The maximum Gasteiger partial charge on any atom is 0.319 e. The third-order valence-electron chi connectivity index (χ3n) is 5.67. The first-order valence-corrected chi connectivity index (χ1v) is 11.3. The van der Waals surface area contributed by atoms with Gasteiger partial charge in [-0.15, -0.1) is 0 Å². The van der Waals surface area contributed by atoms with Crippen LogP contribution >= 0.6 is 11.6 Å². The molecule has 12 nitrogen and oxygen atoms in total. The summed E-state index contributed by atoms with van der Waals surface area (Å²) >= 11 is 5.71. The SMILES string of the molecule is CN(CCCNC(=O)Nc1ccc(F)c(Cl)c1)CC1OC(n2cnc3c(N)ncnc32)C(O)C1O. The van der Waals surface area contributed by atoms with Crippen LogP contribution in [0.5, 0.6) is 0 Å². The second-order valence-corrected chi connectivity index (χ2v) is 8.66. The van der Waals surface area contributed by atoms with Crippen molar-refractivity contribution < 1.29 is 24.1 Å². The number of nitrogens with two attached hydrogens (primary N) is 1. The summed E-state index contributed by atoms with van der Waals surface area (Å²) in [6, 6.07) is 3.48. The lowest BCUT2D eigenvalue weighted by Gasteiger charge is -2.22. The number of nitrogen functional groups attached to an aromatic ring is 1. The highest BCUT2D eigenvalue weighted by Gasteiger charge is 2.44. The van der Waals surface area contributed by atoms with Crippen molar-refractivity contribution in [3.05, 3.63) is 41.7 Å². The molecule has 4 unspecified atom stereocenters. The molecule has 2 aromatic heterocycles. The zero-order valence-corrected chi connectivity index (χ0v) is 19.6. The van der Waals surface area contributed by atoms with Crippen LogP contribution in [0.3, 0.4) is 0 Å². The molecule has 1 aliphatic rings. The lowest BCUT2D eigenvalue weighted by Crippen LogP contribution is -2.39. The van der Waals surface area contributed by atoms with Gasteiger partial charge in [0, 0.05) is 18.8 Å². The molecule has 188 valence electrons. The number of imidazole rings is 1. The molecule has 4 atom stereocenters. The predicted molar refractivity (Wildman–Crippen MR) is 126 cm³/mol. The number of carbonyl (C=O) groups is 1. The van der Waals surface area contributed by atoms with E-state index in [1.165, 1.54) is 35.4 Å². The van der Waals surface area contributed by atoms with Crippen molar-refractivity contribution in [1.29, 1.82) is 0 Å². The van der Waals surface area contributed by atoms with E-state index in [0.717, 1.165) is 0 Å². The Morgan fingerprint density at radius 1 is 1.31 bits per heavy atom. The minimum absolute atomic E-state index is 0.0771. The zero-order valence-electron chi connectivity index (χ0n) is 18.8. The third-order valence-corrected chi connectivity index (χ3v) is 5.96. The minimum atomic E-state index is -1.19. The Kier molecular flexibility index (Phi) is 7.62. The van der Waals surface area contributed by atoms with E-state index in [9.17, 15) is 19.4 Å². The van der Waals surface area contributed by atoms with Gasteiger partial charge in [0.15, 0.2) is 17.7 Å². The molecule has 6 N–H and O–H groups in total. The molecule has 1 aliphatic heterocycles. The number of aromatic nitrogens is 4. The second kappa shape index (κ2) is 10.7. The molecule has 1 fully saturated rings. The van der Waals surface area contributed by atoms with Crippen molar-refractivity contribution in [1.82, 2.24) is 29.7 Å². The molecule has 35 heavy (non-hydrogen) atoms. The molecule has 0 radical (unpaired) electrons. The third kappa shape index (κ3) is 5.60. The van der Waals surface area contributed by atoms with E-state index in [-0.39, 0.29) is 10.8 Å². The number of amides is 2. The quantitative estimate of drug-likeness (QED) is 0.279. The summed E-state index contributed by atoms with van der Waals surface area (Å²) in [7, 11) is 1.84. The number of hydrogen-bond acceptors (Lipinski definition) is 9. The molecular formula is C21H26ClFN8O4. The molecule has 0 saturated carbocycles. The van der Waals surface area contributed by atoms with Crippen molar-refractivity contribution in [3.8, 4) is 0 Å². The highest BCUT2D eigenvalue weighted by molar-refractivity contribution is 6.31. The van der Waals surface area contributed by atoms with Gasteiger partial charge >= 0.3 is 6.03 Å². The summed E-state index contributed by atoms with van der Waals surface area (Å²) in [5.41, 5.74) is 6.98. The number of halogens is 2. The van der Waals surface area contributed by atoms with E-state index in [1.54, 1.807) is 0 Å². The summed E-state index contributed by atoms with van der Waals surface area (Å²) in [5.74, 6) is -0.352. The van der Waals surface area contributed by atoms with Gasteiger partial charge < -0.3 is 36.2 Å². The number of carbonyl (C=O) groups excluding carboxylic acids is 1. The highest BCUT2D eigenvalue weighted by atomic mass is 35.5. The number of aliphatic hydroxyl groups is 2. The Morgan fingerprint density at radius 2 is 2.11 bits per heavy atom. The van der Waals surface area contributed by atoms with E-state index in [0.29, 0.717) is 42.9 Å². The van der Waals surface area contributed by atoms with E-state index < -0.39 is 36.4 Å². The minimum Gasteiger partial charge on any atom is -0.387 e. The Hall–Kier alpha value is -3.10. The standard InChI is InChI=1S/C21H26ClFN8O4/c1-30(6-2-5-25-21(34)29-11-3-4-13(23)12(22)7-11)8-14-16(32)17(33)20(35-14)31-10-28-15-18(24)26-9-27-19(15)31/h3-4,7,9-10,14,16-17,20,32-33H,2,5-6,8H2,1H3,(H2,24,26,27)(H2,25,29,34). The lowest BCUT2D eigenvalue weighted by atomic mass is 10.1. The molecule has 3 heterocycles. The van der Waals surface area contributed by atoms with Crippen LogP contribution in [0.2, 0.25) is 5.02 Å². The summed E-state index contributed by atoms with van der Waals surface area (Å²) in [4.78, 5) is 26.1. The van der Waals surface area contributed by atoms with E-state index in [4.69, 9.17) is 22.1 Å². The van der Waals surface area contributed by atoms with Crippen LogP contribution in [0, 0.1) is 5.82 Å². The maximum atomic E-state index is 13.2. The van der Waals surface area contributed by atoms with Gasteiger partial charge in [-0.3, -0.25) is 4.57 Å². The molecule has 4 rings (SSSR count). The van der Waals surface area contributed by atoms with Gasteiger partial charge in [0.1, 0.15) is 36.0 Å². The summed E-state index contributed by atoms with van der Waals surface area (Å²) in [6.45, 7) is 1.32.